The third-order valence-electron chi connectivity index (χ3n) is 7.02. The molecule has 2 aromatic carbocycles. The third kappa shape index (κ3) is 5.03. The van der Waals surface area contributed by atoms with E-state index in [4.69, 9.17) is 16.3 Å². The number of esters is 1. The summed E-state index contributed by atoms with van der Waals surface area (Å²) in [6, 6.07) is 15.8. The lowest BCUT2D eigenvalue weighted by molar-refractivity contribution is -0.146. The molecular weight excluding hydrogens is 462 g/mol. The molecule has 1 aliphatic carbocycles. The molecule has 1 saturated carbocycles. The number of aromatic nitrogens is 2. The highest BCUT2D eigenvalue weighted by Crippen LogP contribution is 2.30. The Morgan fingerprint density at radius 1 is 1.06 bits per heavy atom. The molecule has 4 aromatic rings. The Morgan fingerprint density at radius 2 is 1.83 bits per heavy atom. The number of hydrogen-bond donors (Lipinski definition) is 1. The molecule has 0 atom stereocenters. The van der Waals surface area contributed by atoms with Gasteiger partial charge in [0.2, 0.25) is 0 Å². The van der Waals surface area contributed by atoms with Crippen molar-refractivity contribution >= 4 is 45.2 Å². The summed E-state index contributed by atoms with van der Waals surface area (Å²) in [6.07, 6.45) is 7.26. The van der Waals surface area contributed by atoms with E-state index >= 15 is 0 Å². The molecule has 1 amide bonds. The van der Waals surface area contributed by atoms with Crippen LogP contribution in [-0.4, -0.2) is 35.1 Å². The van der Waals surface area contributed by atoms with Gasteiger partial charge in [0.25, 0.3) is 5.91 Å². The van der Waals surface area contributed by atoms with Crippen LogP contribution in [0.1, 0.15) is 41.7 Å². The first kappa shape index (κ1) is 23.4. The van der Waals surface area contributed by atoms with Crippen molar-refractivity contribution in [2.24, 2.45) is 11.8 Å². The highest BCUT2D eigenvalue weighted by Gasteiger charge is 2.27. The van der Waals surface area contributed by atoms with Gasteiger partial charge in [-0.25, -0.2) is 0 Å². The van der Waals surface area contributed by atoms with Crippen LogP contribution in [-0.2, 0) is 16.1 Å². The number of nitrogens with one attached hydrogen (secondary N) is 1. The van der Waals surface area contributed by atoms with Crippen LogP contribution in [0.15, 0.2) is 60.9 Å². The quantitative estimate of drug-likeness (QED) is 0.358. The van der Waals surface area contributed by atoms with Crippen molar-refractivity contribution in [3.8, 4) is 0 Å². The van der Waals surface area contributed by atoms with Crippen LogP contribution < -0.4 is 5.32 Å². The largest absolute Gasteiger partial charge is 0.469 e. The molecule has 0 aliphatic heterocycles. The smallest absolute Gasteiger partial charge is 0.308 e. The highest BCUT2D eigenvalue weighted by atomic mass is 35.5. The number of carbonyl (C=O) groups is 2. The number of amides is 1. The standard InChI is InChI=1S/C28H28ClN3O3/c1-35-28(34)19-8-6-18(7-9-19)15-31-27(33)25-14-23(29)12-21-10-11-32(26(21)25)17-24-13-20-4-2-3-5-22(20)16-30-24/h2-5,10-14,16,18-19H,6-9,15,17H2,1H3,(H,31,33)/t18-,19-. The van der Waals surface area contributed by atoms with E-state index < -0.39 is 0 Å². The maximum atomic E-state index is 13.3. The normalized spacial score (nSPS) is 18.0. The molecule has 5 rings (SSSR count). The minimum absolute atomic E-state index is 0.0218. The molecular formula is C28H28ClN3O3. The lowest BCUT2D eigenvalue weighted by Crippen LogP contribution is -2.33. The van der Waals surface area contributed by atoms with Gasteiger partial charge < -0.3 is 14.6 Å². The average Bonchev–Trinajstić information content (AvgIpc) is 3.28. The fourth-order valence-electron chi connectivity index (χ4n) is 5.11. The van der Waals surface area contributed by atoms with E-state index in [0.29, 0.717) is 29.6 Å². The Bertz CT molecular complexity index is 1390. The van der Waals surface area contributed by atoms with Gasteiger partial charge in [0, 0.05) is 34.7 Å². The SMILES string of the molecule is COC(=O)[C@H]1CC[C@H](CNC(=O)c2cc(Cl)cc3ccn(Cc4cc5ccccc5cn4)c23)CC1. The Hall–Kier alpha value is -3.38. The van der Waals surface area contributed by atoms with Crippen LogP contribution in [0.2, 0.25) is 5.02 Å². The van der Waals surface area contributed by atoms with Gasteiger partial charge in [-0.1, -0.05) is 35.9 Å². The topological polar surface area (TPSA) is 73.2 Å². The zero-order valence-corrected chi connectivity index (χ0v) is 20.4. The minimum atomic E-state index is -0.140. The summed E-state index contributed by atoms with van der Waals surface area (Å²) < 4.78 is 6.93. The molecule has 1 fully saturated rings. The Labute approximate surface area is 209 Å². The van der Waals surface area contributed by atoms with Crippen LogP contribution in [0.4, 0.5) is 0 Å². The van der Waals surface area contributed by atoms with Gasteiger partial charge >= 0.3 is 5.97 Å². The molecule has 180 valence electrons. The lowest BCUT2D eigenvalue weighted by Gasteiger charge is -2.27. The third-order valence-corrected chi connectivity index (χ3v) is 7.24. The summed E-state index contributed by atoms with van der Waals surface area (Å²) in [5, 5.41) is 6.79. The molecule has 2 heterocycles. The number of pyridine rings is 1. The van der Waals surface area contributed by atoms with Crippen LogP contribution in [0.3, 0.4) is 0 Å². The molecule has 7 heteroatoms. The van der Waals surface area contributed by atoms with Gasteiger partial charge in [0.15, 0.2) is 0 Å². The number of benzene rings is 2. The van der Waals surface area contributed by atoms with Crippen molar-refractivity contribution in [1.29, 1.82) is 0 Å². The van der Waals surface area contributed by atoms with Crippen LogP contribution >= 0.6 is 11.6 Å². The Morgan fingerprint density at radius 3 is 2.60 bits per heavy atom. The van der Waals surface area contributed by atoms with E-state index in [0.717, 1.165) is 53.1 Å². The summed E-state index contributed by atoms with van der Waals surface area (Å²) in [5.74, 6) is 0.0594. The first-order valence-corrected chi connectivity index (χ1v) is 12.4. The first-order chi connectivity index (χ1) is 17.0. The number of methoxy groups -OCH3 is 1. The first-order valence-electron chi connectivity index (χ1n) is 12.0. The van der Waals surface area contributed by atoms with E-state index in [1.54, 1.807) is 6.07 Å². The summed E-state index contributed by atoms with van der Waals surface area (Å²) in [5.41, 5.74) is 2.32. The predicted octanol–water partition coefficient (Wildman–Crippen LogP) is 5.60. The van der Waals surface area contributed by atoms with Crippen LogP contribution in [0.25, 0.3) is 21.7 Å². The van der Waals surface area contributed by atoms with Gasteiger partial charge in [0.05, 0.1) is 36.3 Å². The van der Waals surface area contributed by atoms with E-state index in [1.807, 2.05) is 42.7 Å². The van der Waals surface area contributed by atoms with E-state index in [1.165, 1.54) is 7.11 Å². The van der Waals surface area contributed by atoms with Crippen LogP contribution in [0, 0.1) is 11.8 Å². The number of hydrogen-bond acceptors (Lipinski definition) is 4. The van der Waals surface area contributed by atoms with E-state index in [-0.39, 0.29) is 17.8 Å². The van der Waals surface area contributed by atoms with Crippen LogP contribution in [0.5, 0.6) is 0 Å². The summed E-state index contributed by atoms with van der Waals surface area (Å²) in [4.78, 5) is 29.7. The number of fused-ring (bicyclic) bond motifs is 2. The van der Waals surface area contributed by atoms with Gasteiger partial charge in [0.1, 0.15) is 0 Å². The maximum absolute atomic E-state index is 13.3. The molecule has 6 nitrogen and oxygen atoms in total. The Kier molecular flexibility index (Phi) is 6.73. The van der Waals surface area contributed by atoms with Crippen molar-refractivity contribution in [2.75, 3.05) is 13.7 Å². The molecule has 0 radical (unpaired) electrons. The summed E-state index contributed by atoms with van der Waals surface area (Å²) in [7, 11) is 1.44. The number of carbonyl (C=O) groups excluding carboxylic acids is 2. The maximum Gasteiger partial charge on any atom is 0.308 e. The van der Waals surface area contributed by atoms with Crippen molar-refractivity contribution < 1.29 is 14.3 Å². The zero-order valence-electron chi connectivity index (χ0n) is 19.7. The van der Waals surface area contributed by atoms with Crippen molar-refractivity contribution in [3.63, 3.8) is 0 Å². The number of halogens is 1. The second-order valence-electron chi connectivity index (χ2n) is 9.31. The van der Waals surface area contributed by atoms with Crippen molar-refractivity contribution in [2.45, 2.75) is 32.2 Å². The van der Waals surface area contributed by atoms with Gasteiger partial charge in [-0.2, -0.15) is 0 Å². The summed E-state index contributed by atoms with van der Waals surface area (Å²) >= 11 is 6.37. The van der Waals surface area contributed by atoms with Crippen molar-refractivity contribution in [1.82, 2.24) is 14.9 Å². The minimum Gasteiger partial charge on any atom is -0.469 e. The lowest BCUT2D eigenvalue weighted by atomic mass is 9.82. The molecule has 0 spiro atoms. The molecule has 0 saturated heterocycles. The fourth-order valence-corrected chi connectivity index (χ4v) is 5.34. The molecule has 2 aromatic heterocycles. The number of ether oxygens (including phenoxy) is 1. The number of nitrogens with zero attached hydrogens (tertiary/aromatic N) is 2. The van der Waals surface area contributed by atoms with E-state index in [9.17, 15) is 9.59 Å². The highest BCUT2D eigenvalue weighted by molar-refractivity contribution is 6.32. The molecule has 35 heavy (non-hydrogen) atoms. The van der Waals surface area contributed by atoms with E-state index in [2.05, 4.69) is 27.0 Å². The van der Waals surface area contributed by atoms with Gasteiger partial charge in [-0.15, -0.1) is 0 Å². The number of rotatable bonds is 6. The molecule has 1 aliphatic rings. The monoisotopic (exact) mass is 489 g/mol. The molecule has 0 bridgehead atoms. The van der Waals surface area contributed by atoms with Crippen molar-refractivity contribution in [3.05, 3.63) is 77.2 Å². The summed E-state index contributed by atoms with van der Waals surface area (Å²) in [6.45, 7) is 1.13. The molecule has 0 unspecified atom stereocenters. The Balaban J connectivity index is 1.33. The predicted molar refractivity (Wildman–Crippen MR) is 138 cm³/mol. The second-order valence-corrected chi connectivity index (χ2v) is 9.74. The average molecular weight is 490 g/mol. The fraction of sp³-hybridized carbons (Fsp3) is 0.321. The van der Waals surface area contributed by atoms with Gasteiger partial charge in [-0.3, -0.25) is 14.6 Å². The second kappa shape index (κ2) is 10.1. The molecule has 1 N–H and O–H groups in total. The zero-order chi connectivity index (χ0) is 24.4. The van der Waals surface area contributed by atoms with Gasteiger partial charge in [-0.05, 0) is 61.3 Å².